The Morgan fingerprint density at radius 3 is 2.42 bits per heavy atom. The second kappa shape index (κ2) is 5.84. The Morgan fingerprint density at radius 2 is 2.00 bits per heavy atom. The van der Waals surface area contributed by atoms with E-state index < -0.39 is 39.3 Å². The van der Waals surface area contributed by atoms with Crippen LogP contribution in [0.3, 0.4) is 0 Å². The monoisotopic (exact) mass is 397 g/mol. The summed E-state index contributed by atoms with van der Waals surface area (Å²) in [6.45, 7) is 0. The minimum atomic E-state index is -5.11. The molecule has 19 heavy (non-hydrogen) atoms. The van der Waals surface area contributed by atoms with Crippen molar-refractivity contribution in [2.75, 3.05) is 7.11 Å². The molecule has 0 aliphatic heterocycles. The summed E-state index contributed by atoms with van der Waals surface area (Å²) >= 11 is 1.30. The molecule has 0 amide bonds. The third-order valence-electron chi connectivity index (χ3n) is 1.84. The Morgan fingerprint density at radius 1 is 1.42 bits per heavy atom. The summed E-state index contributed by atoms with van der Waals surface area (Å²) in [5.74, 6) is -2.38. The molecule has 0 unspecified atom stereocenters. The predicted molar refractivity (Wildman–Crippen MR) is 59.9 cm³/mol. The number of methoxy groups -OCH3 is 1. The number of carbonyl (C=O) groups excluding carboxylic acids is 1. The van der Waals surface area contributed by atoms with Gasteiger partial charge in [-0.1, -0.05) is 0 Å². The molecular formula is C9H5F5INO3. The predicted octanol–water partition coefficient (Wildman–Crippen LogP) is 3.31. The van der Waals surface area contributed by atoms with Gasteiger partial charge in [-0.25, -0.2) is 18.6 Å². The Labute approximate surface area is 117 Å². The van der Waals surface area contributed by atoms with Gasteiger partial charge in [-0.2, -0.15) is 0 Å². The highest BCUT2D eigenvalue weighted by atomic mass is 127. The fraction of sp³-hybridized carbons (Fsp3) is 0.333. The van der Waals surface area contributed by atoms with Gasteiger partial charge in [-0.3, -0.25) is 0 Å². The van der Waals surface area contributed by atoms with Crippen LogP contribution in [0.5, 0.6) is 5.88 Å². The van der Waals surface area contributed by atoms with Crippen molar-refractivity contribution in [2.24, 2.45) is 0 Å². The largest absolute Gasteiger partial charge is 0.574 e. The van der Waals surface area contributed by atoms with E-state index in [0.29, 0.717) is 6.20 Å². The van der Waals surface area contributed by atoms with Gasteiger partial charge in [0, 0.05) is 9.77 Å². The molecular weight excluding hydrogens is 392 g/mol. The molecule has 0 aliphatic carbocycles. The van der Waals surface area contributed by atoms with Crippen LogP contribution in [0.4, 0.5) is 22.0 Å². The molecule has 106 valence electrons. The molecule has 0 saturated heterocycles. The van der Waals surface area contributed by atoms with Gasteiger partial charge in [0.25, 0.3) is 6.43 Å². The average Bonchev–Trinajstić information content (AvgIpc) is 2.25. The summed E-state index contributed by atoms with van der Waals surface area (Å²) in [4.78, 5) is 14.4. The fourth-order valence-electron chi connectivity index (χ4n) is 1.11. The SMILES string of the molecule is COC(=O)c1c(OC(F)(F)F)ncc(C(F)F)c1I. The molecule has 1 rings (SSSR count). The van der Waals surface area contributed by atoms with E-state index >= 15 is 0 Å². The molecule has 0 bridgehead atoms. The van der Waals surface area contributed by atoms with E-state index in [-0.39, 0.29) is 0 Å². The van der Waals surface area contributed by atoms with Crippen LogP contribution in [-0.2, 0) is 4.74 Å². The minimum absolute atomic E-state index is 0.409. The van der Waals surface area contributed by atoms with Gasteiger partial charge in [0.15, 0.2) is 0 Å². The third-order valence-corrected chi connectivity index (χ3v) is 3.01. The maximum Gasteiger partial charge on any atom is 0.574 e. The van der Waals surface area contributed by atoms with Gasteiger partial charge in [0.05, 0.1) is 12.7 Å². The highest BCUT2D eigenvalue weighted by Crippen LogP contribution is 2.33. The first-order valence-corrected chi connectivity index (χ1v) is 5.56. The number of pyridine rings is 1. The summed E-state index contributed by atoms with van der Waals surface area (Å²) in [6.07, 6.45) is -7.59. The molecule has 0 saturated carbocycles. The normalized spacial score (nSPS) is 11.6. The molecule has 0 radical (unpaired) electrons. The number of hydrogen-bond acceptors (Lipinski definition) is 4. The van der Waals surface area contributed by atoms with Crippen molar-refractivity contribution in [3.63, 3.8) is 0 Å². The van der Waals surface area contributed by atoms with E-state index in [2.05, 4.69) is 14.5 Å². The Bertz CT molecular complexity index is 491. The van der Waals surface area contributed by atoms with E-state index in [0.717, 1.165) is 7.11 Å². The first-order valence-electron chi connectivity index (χ1n) is 4.48. The van der Waals surface area contributed by atoms with Gasteiger partial charge >= 0.3 is 12.3 Å². The quantitative estimate of drug-likeness (QED) is 0.446. The van der Waals surface area contributed by atoms with Crippen LogP contribution >= 0.6 is 22.6 Å². The lowest BCUT2D eigenvalue weighted by molar-refractivity contribution is -0.276. The van der Waals surface area contributed by atoms with Crippen LogP contribution in [0.15, 0.2) is 6.20 Å². The van der Waals surface area contributed by atoms with Gasteiger partial charge in [0.1, 0.15) is 5.56 Å². The summed E-state index contributed by atoms with van der Waals surface area (Å²) in [5.41, 5.74) is -1.48. The molecule has 1 heterocycles. The molecule has 1 aromatic heterocycles. The molecule has 0 fully saturated rings. The van der Waals surface area contributed by atoms with E-state index in [1.165, 1.54) is 22.6 Å². The number of nitrogens with zero attached hydrogens (tertiary/aromatic N) is 1. The Kier molecular flexibility index (Phi) is 4.87. The lowest BCUT2D eigenvalue weighted by Crippen LogP contribution is -2.21. The van der Waals surface area contributed by atoms with Crippen LogP contribution in [0, 0.1) is 3.57 Å². The van der Waals surface area contributed by atoms with Gasteiger partial charge in [0.2, 0.25) is 5.88 Å². The number of halogens is 6. The average molecular weight is 397 g/mol. The first-order chi connectivity index (χ1) is 8.67. The van der Waals surface area contributed by atoms with Gasteiger partial charge < -0.3 is 9.47 Å². The van der Waals surface area contributed by atoms with Crippen LogP contribution in [-0.4, -0.2) is 24.4 Å². The second-order valence-electron chi connectivity index (χ2n) is 3.05. The molecule has 0 aromatic carbocycles. The molecule has 0 atom stereocenters. The first kappa shape index (κ1) is 15.9. The lowest BCUT2D eigenvalue weighted by Gasteiger charge is -2.14. The molecule has 0 spiro atoms. The molecule has 0 N–H and O–H groups in total. The number of ether oxygens (including phenoxy) is 2. The van der Waals surface area contributed by atoms with E-state index in [4.69, 9.17) is 0 Å². The highest BCUT2D eigenvalue weighted by molar-refractivity contribution is 14.1. The number of carbonyl (C=O) groups is 1. The zero-order valence-electron chi connectivity index (χ0n) is 9.09. The topological polar surface area (TPSA) is 48.4 Å². The maximum absolute atomic E-state index is 12.6. The Hall–Kier alpha value is -1.20. The van der Waals surface area contributed by atoms with Gasteiger partial charge in [-0.05, 0) is 22.6 Å². The number of alkyl halides is 5. The standard InChI is InChI=1S/C9H5F5INO3/c1-18-8(17)4-5(15)3(6(10)11)2-16-7(4)19-9(12,13)14/h2,6H,1H3. The van der Waals surface area contributed by atoms with Crippen LogP contribution in [0.2, 0.25) is 0 Å². The van der Waals surface area contributed by atoms with Crippen molar-refractivity contribution in [1.82, 2.24) is 4.98 Å². The highest BCUT2D eigenvalue weighted by Gasteiger charge is 2.35. The summed E-state index contributed by atoms with van der Waals surface area (Å²) in [7, 11) is 0.894. The van der Waals surface area contributed by atoms with Crippen molar-refractivity contribution >= 4 is 28.6 Å². The Balaban J connectivity index is 3.40. The van der Waals surface area contributed by atoms with Crippen molar-refractivity contribution in [1.29, 1.82) is 0 Å². The lowest BCUT2D eigenvalue weighted by atomic mass is 10.2. The summed E-state index contributed by atoms with van der Waals surface area (Å²) in [5, 5.41) is 0. The molecule has 4 nitrogen and oxygen atoms in total. The van der Waals surface area contributed by atoms with E-state index in [1.54, 1.807) is 0 Å². The van der Waals surface area contributed by atoms with Crippen LogP contribution < -0.4 is 4.74 Å². The number of esters is 1. The number of aromatic nitrogens is 1. The third kappa shape index (κ3) is 3.88. The van der Waals surface area contributed by atoms with Gasteiger partial charge in [-0.15, -0.1) is 13.2 Å². The zero-order chi connectivity index (χ0) is 14.8. The molecule has 1 aromatic rings. The molecule has 0 aliphatic rings. The zero-order valence-corrected chi connectivity index (χ0v) is 11.3. The van der Waals surface area contributed by atoms with E-state index in [1.807, 2.05) is 0 Å². The number of rotatable bonds is 3. The van der Waals surface area contributed by atoms with E-state index in [9.17, 15) is 26.7 Å². The summed E-state index contributed by atoms with van der Waals surface area (Å²) < 4.78 is 68.8. The minimum Gasteiger partial charge on any atom is -0.465 e. The van der Waals surface area contributed by atoms with Crippen molar-refractivity contribution < 1.29 is 36.2 Å². The molecule has 10 heteroatoms. The van der Waals surface area contributed by atoms with Crippen LogP contribution in [0.25, 0.3) is 0 Å². The fourth-order valence-corrected chi connectivity index (χ4v) is 1.93. The smallest absolute Gasteiger partial charge is 0.465 e. The van der Waals surface area contributed by atoms with Crippen LogP contribution in [0.1, 0.15) is 22.3 Å². The second-order valence-corrected chi connectivity index (χ2v) is 4.13. The van der Waals surface area contributed by atoms with Crippen molar-refractivity contribution in [2.45, 2.75) is 12.8 Å². The maximum atomic E-state index is 12.6. The van der Waals surface area contributed by atoms with Crippen molar-refractivity contribution in [3.8, 4) is 5.88 Å². The van der Waals surface area contributed by atoms with Crippen molar-refractivity contribution in [3.05, 3.63) is 20.9 Å². The number of hydrogen-bond donors (Lipinski definition) is 0. The summed E-state index contributed by atoms with van der Waals surface area (Å²) in [6, 6.07) is 0.